The van der Waals surface area contributed by atoms with Crippen molar-refractivity contribution in [3.05, 3.63) is 48.5 Å². The molecule has 2 aromatic rings. The summed E-state index contributed by atoms with van der Waals surface area (Å²) >= 11 is 0. The molecule has 3 rings (SSSR count). The van der Waals surface area contributed by atoms with Crippen LogP contribution in [0.25, 0.3) is 11.1 Å². The molecule has 1 heterocycles. The Morgan fingerprint density at radius 2 is 1.53 bits per heavy atom. The second kappa shape index (κ2) is 9.51. The van der Waals surface area contributed by atoms with Crippen LogP contribution in [-0.2, 0) is 14.6 Å². The van der Waals surface area contributed by atoms with Gasteiger partial charge in [-0.05, 0) is 68.0 Å². The second-order valence-corrected chi connectivity index (χ2v) is 10.0. The summed E-state index contributed by atoms with van der Waals surface area (Å²) in [6, 6.07) is 14.7. The van der Waals surface area contributed by atoms with E-state index in [0.717, 1.165) is 29.7 Å². The monoisotopic (exact) mass is 431 g/mol. The molecule has 1 aliphatic heterocycles. The molecule has 162 valence electrons. The number of hydrogen-bond donors (Lipinski definition) is 0. The zero-order valence-electron chi connectivity index (χ0n) is 17.7. The van der Waals surface area contributed by atoms with Crippen molar-refractivity contribution >= 4 is 15.9 Å². The van der Waals surface area contributed by atoms with Crippen LogP contribution >= 0.6 is 0 Å². The molecule has 0 aliphatic carbocycles. The Bertz CT molecular complexity index is 944. The highest BCUT2D eigenvalue weighted by Crippen LogP contribution is 2.25. The van der Waals surface area contributed by atoms with Crippen LogP contribution in [0.15, 0.2) is 53.4 Å². The fourth-order valence-electron chi connectivity index (χ4n) is 3.41. The van der Waals surface area contributed by atoms with Crippen molar-refractivity contribution in [3.8, 4) is 16.9 Å². The summed E-state index contributed by atoms with van der Waals surface area (Å²) in [6.45, 7) is 5.72. The minimum atomic E-state index is -3.19. The Hall–Kier alpha value is -2.54. The van der Waals surface area contributed by atoms with Gasteiger partial charge >= 0.3 is 6.09 Å². The highest BCUT2D eigenvalue weighted by molar-refractivity contribution is 7.90. The maximum Gasteiger partial charge on any atom is 0.410 e. The predicted octanol–water partition coefficient (Wildman–Crippen LogP) is 4.39. The first kappa shape index (κ1) is 22.2. The van der Waals surface area contributed by atoms with Gasteiger partial charge in [-0.1, -0.05) is 24.3 Å². The number of ether oxygens (including phenoxy) is 2. The van der Waals surface area contributed by atoms with Gasteiger partial charge in [0, 0.05) is 19.3 Å². The van der Waals surface area contributed by atoms with Gasteiger partial charge in [-0.15, -0.1) is 0 Å². The van der Waals surface area contributed by atoms with Crippen molar-refractivity contribution in [1.82, 2.24) is 4.90 Å². The maximum absolute atomic E-state index is 12.0. The van der Waals surface area contributed by atoms with E-state index in [0.29, 0.717) is 30.5 Å². The Kier molecular flexibility index (Phi) is 7.02. The predicted molar refractivity (Wildman–Crippen MR) is 116 cm³/mol. The van der Waals surface area contributed by atoms with E-state index in [1.54, 1.807) is 17.0 Å². The van der Waals surface area contributed by atoms with E-state index >= 15 is 0 Å². The first-order chi connectivity index (χ1) is 14.2. The fraction of sp³-hybridized carbons (Fsp3) is 0.435. The van der Waals surface area contributed by atoms with E-state index in [-0.39, 0.29) is 12.2 Å². The van der Waals surface area contributed by atoms with Crippen LogP contribution in [0, 0.1) is 5.92 Å². The van der Waals surface area contributed by atoms with Gasteiger partial charge in [-0.25, -0.2) is 13.2 Å². The first-order valence-corrected chi connectivity index (χ1v) is 12.1. The SMILES string of the molecule is CC(C)OC(=O)N1CCC(COc2ccc(-c3ccc(S(C)(=O)=O)cc3)cc2)CC1. The smallest absolute Gasteiger partial charge is 0.410 e. The van der Waals surface area contributed by atoms with Gasteiger partial charge in [0.25, 0.3) is 0 Å². The standard InChI is InChI=1S/C23H29NO5S/c1-17(2)29-23(25)24-14-12-18(13-15-24)16-28-21-8-4-19(5-9-21)20-6-10-22(11-7-20)30(3,26)27/h4-11,17-18H,12-16H2,1-3H3. The lowest BCUT2D eigenvalue weighted by Crippen LogP contribution is -2.40. The molecule has 7 heteroatoms. The Labute approximate surface area is 178 Å². The number of likely N-dealkylation sites (tertiary alicyclic amines) is 1. The van der Waals surface area contributed by atoms with E-state index in [1.165, 1.54) is 6.26 Å². The molecule has 0 radical (unpaired) electrons. The van der Waals surface area contributed by atoms with Gasteiger partial charge in [0.1, 0.15) is 5.75 Å². The molecule has 1 amide bonds. The third-order valence-corrected chi connectivity index (χ3v) is 6.29. The van der Waals surface area contributed by atoms with Gasteiger partial charge in [0.05, 0.1) is 17.6 Å². The average molecular weight is 432 g/mol. The third-order valence-electron chi connectivity index (χ3n) is 5.17. The largest absolute Gasteiger partial charge is 0.493 e. The summed E-state index contributed by atoms with van der Waals surface area (Å²) in [7, 11) is -3.19. The quantitative estimate of drug-likeness (QED) is 0.678. The normalized spacial score (nSPS) is 15.3. The van der Waals surface area contributed by atoms with E-state index in [2.05, 4.69) is 0 Å². The van der Waals surface area contributed by atoms with Crippen molar-refractivity contribution in [2.24, 2.45) is 5.92 Å². The van der Waals surface area contributed by atoms with Crippen molar-refractivity contribution in [3.63, 3.8) is 0 Å². The molecule has 0 N–H and O–H groups in total. The minimum absolute atomic E-state index is 0.0980. The summed E-state index contributed by atoms with van der Waals surface area (Å²) in [4.78, 5) is 14.0. The first-order valence-electron chi connectivity index (χ1n) is 10.2. The maximum atomic E-state index is 12.0. The van der Waals surface area contributed by atoms with Crippen molar-refractivity contribution in [1.29, 1.82) is 0 Å². The number of piperidine rings is 1. The number of sulfone groups is 1. The summed E-state index contributed by atoms with van der Waals surface area (Å²) in [6.07, 6.45) is 2.68. The molecule has 2 aromatic carbocycles. The minimum Gasteiger partial charge on any atom is -0.493 e. The van der Waals surface area contributed by atoms with Gasteiger partial charge in [-0.2, -0.15) is 0 Å². The van der Waals surface area contributed by atoms with Crippen LogP contribution in [0.5, 0.6) is 5.75 Å². The zero-order valence-corrected chi connectivity index (χ0v) is 18.5. The number of rotatable bonds is 6. The van der Waals surface area contributed by atoms with Crippen LogP contribution < -0.4 is 4.74 Å². The summed E-state index contributed by atoms with van der Waals surface area (Å²) in [5, 5.41) is 0. The van der Waals surface area contributed by atoms with Gasteiger partial charge in [-0.3, -0.25) is 0 Å². The number of carbonyl (C=O) groups is 1. The summed E-state index contributed by atoms with van der Waals surface area (Å²) in [5.41, 5.74) is 1.95. The van der Waals surface area contributed by atoms with Crippen molar-refractivity contribution in [2.45, 2.75) is 37.7 Å². The molecule has 0 aromatic heterocycles. The number of amides is 1. The average Bonchev–Trinajstić information content (AvgIpc) is 2.72. The fourth-order valence-corrected chi connectivity index (χ4v) is 4.04. The van der Waals surface area contributed by atoms with E-state index < -0.39 is 9.84 Å². The second-order valence-electron chi connectivity index (χ2n) is 7.99. The molecule has 30 heavy (non-hydrogen) atoms. The highest BCUT2D eigenvalue weighted by atomic mass is 32.2. The number of nitrogens with zero attached hydrogens (tertiary/aromatic N) is 1. The number of carbonyl (C=O) groups excluding carboxylic acids is 1. The molecular formula is C23H29NO5S. The zero-order chi connectivity index (χ0) is 21.7. The van der Waals surface area contributed by atoms with E-state index in [9.17, 15) is 13.2 Å². The Morgan fingerprint density at radius 1 is 1.00 bits per heavy atom. The highest BCUT2D eigenvalue weighted by Gasteiger charge is 2.24. The summed E-state index contributed by atoms with van der Waals surface area (Å²) < 4.78 is 34.4. The van der Waals surface area contributed by atoms with Gasteiger partial charge < -0.3 is 14.4 Å². The molecule has 0 spiro atoms. The van der Waals surface area contributed by atoms with Crippen LogP contribution in [0.3, 0.4) is 0 Å². The molecule has 1 aliphatic rings. The third kappa shape index (κ3) is 5.98. The lowest BCUT2D eigenvalue weighted by atomic mass is 9.98. The molecule has 0 unspecified atom stereocenters. The molecule has 0 atom stereocenters. The van der Waals surface area contributed by atoms with Crippen molar-refractivity contribution < 1.29 is 22.7 Å². The lowest BCUT2D eigenvalue weighted by Gasteiger charge is -2.31. The Balaban J connectivity index is 1.49. The molecule has 0 bridgehead atoms. The topological polar surface area (TPSA) is 72.9 Å². The molecule has 1 saturated heterocycles. The summed E-state index contributed by atoms with van der Waals surface area (Å²) in [5.74, 6) is 1.21. The van der Waals surface area contributed by atoms with Crippen LogP contribution in [0.2, 0.25) is 0 Å². The Morgan fingerprint density at radius 3 is 2.03 bits per heavy atom. The molecule has 0 saturated carbocycles. The van der Waals surface area contributed by atoms with E-state index in [4.69, 9.17) is 9.47 Å². The van der Waals surface area contributed by atoms with Crippen LogP contribution in [-0.4, -0.2) is 51.5 Å². The van der Waals surface area contributed by atoms with Gasteiger partial charge in [0.15, 0.2) is 9.84 Å². The van der Waals surface area contributed by atoms with E-state index in [1.807, 2.05) is 50.2 Å². The van der Waals surface area contributed by atoms with Crippen molar-refractivity contribution in [2.75, 3.05) is 26.0 Å². The molecular weight excluding hydrogens is 402 g/mol. The van der Waals surface area contributed by atoms with Crippen LogP contribution in [0.4, 0.5) is 4.79 Å². The molecule has 6 nitrogen and oxygen atoms in total. The lowest BCUT2D eigenvalue weighted by molar-refractivity contribution is 0.0608. The number of benzene rings is 2. The van der Waals surface area contributed by atoms with Crippen LogP contribution in [0.1, 0.15) is 26.7 Å². The van der Waals surface area contributed by atoms with Gasteiger partial charge in [0.2, 0.25) is 0 Å². The molecule has 1 fully saturated rings. The number of hydrogen-bond acceptors (Lipinski definition) is 5.